The van der Waals surface area contributed by atoms with E-state index in [0.29, 0.717) is 0 Å². The topological polar surface area (TPSA) is 195 Å². The van der Waals surface area contributed by atoms with Crippen molar-refractivity contribution in [3.63, 3.8) is 0 Å². The van der Waals surface area contributed by atoms with E-state index in [-0.39, 0.29) is 59.1 Å². The minimum Gasteiger partial charge on any atom is -0.744 e. The van der Waals surface area contributed by atoms with Gasteiger partial charge in [-0.05, 0) is 24.3 Å². The molecule has 0 saturated carbocycles. The molecule has 132 valence electrons. The first kappa shape index (κ1) is 27.7. The van der Waals surface area contributed by atoms with E-state index in [9.17, 15) is 25.9 Å². The van der Waals surface area contributed by atoms with Gasteiger partial charge in [0.15, 0.2) is 23.0 Å². The molecule has 0 atom stereocenters. The monoisotopic (exact) mass is 424 g/mol. The molecule has 0 amide bonds. The first-order valence-electron chi connectivity index (χ1n) is 5.79. The van der Waals surface area contributed by atoms with Gasteiger partial charge < -0.3 is 29.5 Å². The third-order valence-corrected chi connectivity index (χ3v) is 4.23. The molecule has 2 aromatic rings. The van der Waals surface area contributed by atoms with Crippen molar-refractivity contribution < 1.29 is 105 Å². The molecule has 2 rings (SSSR count). The Hall–Kier alpha value is -0.540. The Bertz CT molecular complexity index is 878. The maximum atomic E-state index is 10.4. The third-order valence-electron chi connectivity index (χ3n) is 2.49. The van der Waals surface area contributed by atoms with Crippen molar-refractivity contribution in [2.75, 3.05) is 0 Å². The second-order valence-electron chi connectivity index (χ2n) is 4.16. The van der Waals surface area contributed by atoms with Crippen LogP contribution < -0.4 is 59.1 Å². The van der Waals surface area contributed by atoms with E-state index in [2.05, 4.69) is 0 Å². The summed E-state index contributed by atoms with van der Waals surface area (Å²) in [6.07, 6.45) is 0. The van der Waals surface area contributed by atoms with Crippen LogP contribution in [0.25, 0.3) is 0 Å². The fourth-order valence-electron chi connectivity index (χ4n) is 1.42. The molecular weight excluding hydrogens is 414 g/mol. The largest absolute Gasteiger partial charge is 1.00 e. The summed E-state index contributed by atoms with van der Waals surface area (Å²) in [5.74, 6) is -3.08. The second-order valence-corrected chi connectivity index (χ2v) is 6.85. The number of rotatable bonds is 2. The van der Waals surface area contributed by atoms with E-state index in [4.69, 9.17) is 20.4 Å². The van der Waals surface area contributed by atoms with Crippen LogP contribution in [0.3, 0.4) is 0 Å². The van der Waals surface area contributed by atoms with Crippen LogP contribution in [-0.2, 0) is 20.2 Å². The number of phenols is 4. The molecule has 0 aliphatic rings. The molecule has 0 aliphatic carbocycles. The molecule has 0 bridgehead atoms. The van der Waals surface area contributed by atoms with Gasteiger partial charge in [0.05, 0.1) is 9.79 Å². The number of benzene rings is 2. The predicted octanol–water partition coefficient (Wildman–Crippen LogP) is -5.99. The molecular formula is C12H10Na2O10S2. The minimum atomic E-state index is -4.72. The number of phenolic OH excluding ortho intramolecular Hbond substituents is 4. The van der Waals surface area contributed by atoms with Crippen molar-refractivity contribution in [2.45, 2.75) is 9.79 Å². The van der Waals surface area contributed by atoms with Gasteiger partial charge in [0, 0.05) is 0 Å². The first-order chi connectivity index (χ1) is 10.9. The standard InChI is InChI=1S/2C6H6O5S.2Na/c2*7-4-2-1-3-5(6(4)8)12(9,10)11;;/h2*1-3,7-8H,(H,9,10,11);;/q;;2*+1/p-2. The molecule has 26 heavy (non-hydrogen) atoms. The van der Waals surface area contributed by atoms with E-state index in [1.54, 1.807) is 0 Å². The Morgan fingerprint density at radius 2 is 0.885 bits per heavy atom. The molecule has 0 fully saturated rings. The molecule has 14 heteroatoms. The van der Waals surface area contributed by atoms with Gasteiger partial charge in [0.25, 0.3) is 0 Å². The van der Waals surface area contributed by atoms with Gasteiger partial charge in [-0.2, -0.15) is 0 Å². The van der Waals surface area contributed by atoms with Crippen molar-refractivity contribution in [2.24, 2.45) is 0 Å². The van der Waals surface area contributed by atoms with Crippen LogP contribution in [0, 0.1) is 0 Å². The summed E-state index contributed by atoms with van der Waals surface area (Å²) in [5.41, 5.74) is 0. The third kappa shape index (κ3) is 7.60. The summed E-state index contributed by atoms with van der Waals surface area (Å²) in [4.78, 5) is -1.63. The van der Waals surface area contributed by atoms with Gasteiger partial charge in [-0.15, -0.1) is 0 Å². The quantitative estimate of drug-likeness (QED) is 0.205. The Kier molecular flexibility index (Phi) is 11.4. The molecule has 0 aliphatic heterocycles. The van der Waals surface area contributed by atoms with E-state index in [0.717, 1.165) is 36.4 Å². The van der Waals surface area contributed by atoms with Gasteiger partial charge in [-0.25, -0.2) is 16.8 Å². The molecule has 0 saturated heterocycles. The molecule has 2 aromatic carbocycles. The Balaban J connectivity index is 0. The normalized spacial score (nSPS) is 10.5. The van der Waals surface area contributed by atoms with Crippen LogP contribution in [0.1, 0.15) is 0 Å². The number of aromatic hydroxyl groups is 4. The van der Waals surface area contributed by atoms with Gasteiger partial charge in [0.1, 0.15) is 20.2 Å². The van der Waals surface area contributed by atoms with Crippen molar-refractivity contribution in [1.29, 1.82) is 0 Å². The summed E-state index contributed by atoms with van der Waals surface area (Å²) in [6.45, 7) is 0. The Morgan fingerprint density at radius 3 is 1.08 bits per heavy atom. The van der Waals surface area contributed by atoms with Crippen LogP contribution in [0.4, 0.5) is 0 Å². The van der Waals surface area contributed by atoms with Gasteiger partial charge in [0.2, 0.25) is 0 Å². The van der Waals surface area contributed by atoms with Gasteiger partial charge in [-0.3, -0.25) is 0 Å². The molecule has 0 heterocycles. The van der Waals surface area contributed by atoms with E-state index in [1.807, 2.05) is 0 Å². The van der Waals surface area contributed by atoms with E-state index < -0.39 is 53.0 Å². The van der Waals surface area contributed by atoms with Crippen LogP contribution in [0.5, 0.6) is 23.0 Å². The number of para-hydroxylation sites is 2. The van der Waals surface area contributed by atoms with Crippen molar-refractivity contribution in [1.82, 2.24) is 0 Å². The zero-order valence-corrected chi connectivity index (χ0v) is 19.2. The maximum absolute atomic E-state index is 10.4. The van der Waals surface area contributed by atoms with E-state index in [1.165, 1.54) is 0 Å². The molecule has 0 spiro atoms. The summed E-state index contributed by atoms with van der Waals surface area (Å²) in [5, 5.41) is 35.4. The molecule has 10 nitrogen and oxygen atoms in total. The molecule has 0 aromatic heterocycles. The predicted molar refractivity (Wildman–Crippen MR) is 75.5 cm³/mol. The van der Waals surface area contributed by atoms with Crippen LogP contribution >= 0.6 is 0 Å². The zero-order valence-electron chi connectivity index (χ0n) is 13.5. The van der Waals surface area contributed by atoms with Crippen molar-refractivity contribution >= 4 is 20.2 Å². The maximum Gasteiger partial charge on any atom is 1.00 e. The Labute approximate surface area is 193 Å². The van der Waals surface area contributed by atoms with Gasteiger partial charge >= 0.3 is 59.1 Å². The fraction of sp³-hybridized carbons (Fsp3) is 0. The molecule has 4 N–H and O–H groups in total. The van der Waals surface area contributed by atoms with Gasteiger partial charge in [-0.1, -0.05) is 12.1 Å². The minimum absolute atomic E-state index is 0. The average Bonchev–Trinajstić information content (AvgIpc) is 2.43. The summed E-state index contributed by atoms with van der Waals surface area (Å²) >= 11 is 0. The summed E-state index contributed by atoms with van der Waals surface area (Å²) in [7, 11) is -9.43. The summed E-state index contributed by atoms with van der Waals surface area (Å²) in [6, 6.07) is 6.28. The van der Waals surface area contributed by atoms with E-state index >= 15 is 0 Å². The summed E-state index contributed by atoms with van der Waals surface area (Å²) < 4.78 is 62.3. The smallest absolute Gasteiger partial charge is 0.744 e. The van der Waals surface area contributed by atoms with Crippen LogP contribution in [-0.4, -0.2) is 46.4 Å². The Morgan fingerprint density at radius 1 is 0.615 bits per heavy atom. The number of hydrogen-bond acceptors (Lipinski definition) is 10. The van der Waals surface area contributed by atoms with Crippen LogP contribution in [0.2, 0.25) is 0 Å². The number of hydrogen-bond donors (Lipinski definition) is 4. The van der Waals surface area contributed by atoms with Crippen molar-refractivity contribution in [3.05, 3.63) is 36.4 Å². The average molecular weight is 424 g/mol. The SMILES string of the molecule is O=S(=O)([O-])c1cccc(O)c1O.O=S(=O)([O-])c1cccc(O)c1O.[Na+].[Na+]. The van der Waals surface area contributed by atoms with Crippen molar-refractivity contribution in [3.8, 4) is 23.0 Å². The van der Waals surface area contributed by atoms with Crippen LogP contribution in [0.15, 0.2) is 46.2 Å². The fourth-order valence-corrected chi connectivity index (χ4v) is 2.60. The zero-order chi connectivity index (χ0) is 18.7. The first-order valence-corrected chi connectivity index (χ1v) is 8.61. The molecule has 0 unspecified atom stereocenters. The molecule has 0 radical (unpaired) electrons. The second kappa shape index (κ2) is 10.7.